The molecule has 156 valence electrons. The first kappa shape index (κ1) is 20.2. The summed E-state index contributed by atoms with van der Waals surface area (Å²) in [5.41, 5.74) is 1.55. The molecule has 2 aromatic heterocycles. The molecule has 10 heteroatoms. The van der Waals surface area contributed by atoms with E-state index in [4.69, 9.17) is 9.47 Å². The Bertz CT molecular complexity index is 1060. The summed E-state index contributed by atoms with van der Waals surface area (Å²) in [7, 11) is 3.11. The molecule has 3 amide bonds. The number of carbonyl (C=O) groups excluding carboxylic acids is 2. The molecule has 4 rings (SSSR count). The summed E-state index contributed by atoms with van der Waals surface area (Å²) in [5.74, 6) is 0.976. The van der Waals surface area contributed by atoms with Crippen molar-refractivity contribution in [3.8, 4) is 11.5 Å². The number of hydrogen-bond donors (Lipinski definition) is 2. The molecule has 1 aliphatic heterocycles. The molecule has 3 heterocycles. The minimum absolute atomic E-state index is 0.167. The van der Waals surface area contributed by atoms with Crippen LogP contribution in [0.2, 0.25) is 0 Å². The van der Waals surface area contributed by atoms with Crippen molar-refractivity contribution in [3.05, 3.63) is 51.2 Å². The van der Waals surface area contributed by atoms with Crippen LogP contribution in [0.1, 0.15) is 20.2 Å². The van der Waals surface area contributed by atoms with E-state index in [9.17, 15) is 9.59 Å². The number of carbonyl (C=O) groups is 2. The van der Waals surface area contributed by atoms with E-state index in [2.05, 4.69) is 15.6 Å². The van der Waals surface area contributed by atoms with Crippen molar-refractivity contribution >= 4 is 45.4 Å². The number of rotatable bonds is 5. The zero-order valence-electron chi connectivity index (χ0n) is 16.4. The third-order valence-electron chi connectivity index (χ3n) is 4.62. The monoisotopic (exact) mass is 444 g/mol. The number of ether oxygens (including phenoxy) is 2. The summed E-state index contributed by atoms with van der Waals surface area (Å²) in [6, 6.07) is 8.63. The normalized spacial score (nSPS) is 12.8. The van der Waals surface area contributed by atoms with Crippen molar-refractivity contribution < 1.29 is 19.1 Å². The Morgan fingerprint density at radius 2 is 1.97 bits per heavy atom. The number of urea groups is 1. The number of benzene rings is 1. The van der Waals surface area contributed by atoms with Gasteiger partial charge in [0.1, 0.15) is 0 Å². The number of hydrogen-bond acceptors (Lipinski definition) is 7. The van der Waals surface area contributed by atoms with Gasteiger partial charge >= 0.3 is 6.03 Å². The molecule has 0 aliphatic carbocycles. The second-order valence-corrected chi connectivity index (χ2v) is 8.52. The van der Waals surface area contributed by atoms with Gasteiger partial charge in [0.25, 0.3) is 5.91 Å². The Labute approximate surface area is 181 Å². The lowest BCUT2D eigenvalue weighted by atomic mass is 10.2. The van der Waals surface area contributed by atoms with Crippen LogP contribution in [0.3, 0.4) is 0 Å². The Kier molecular flexibility index (Phi) is 5.86. The van der Waals surface area contributed by atoms with Crippen LogP contribution in [0, 0.1) is 0 Å². The number of nitrogens with zero attached hydrogens (tertiary/aromatic N) is 2. The lowest BCUT2D eigenvalue weighted by molar-refractivity contribution is 0.103. The standard InChI is InChI=1S/C20H20N4O4S2/c1-27-14-6-5-12(10-15(14)28-2)21-20(26)24-8-7-13-17(11-24)30-19(22-13)23-18(25)16-4-3-9-29-16/h3-6,9-10H,7-8,11H2,1-2H3,(H,21,26)(H,22,23,25). The average molecular weight is 445 g/mol. The van der Waals surface area contributed by atoms with Crippen LogP contribution < -0.4 is 20.1 Å². The molecule has 0 bridgehead atoms. The van der Waals surface area contributed by atoms with E-state index < -0.39 is 0 Å². The first-order valence-corrected chi connectivity index (χ1v) is 10.9. The van der Waals surface area contributed by atoms with Gasteiger partial charge in [0.2, 0.25) is 0 Å². The number of amides is 3. The van der Waals surface area contributed by atoms with Gasteiger partial charge in [-0.05, 0) is 23.6 Å². The van der Waals surface area contributed by atoms with Gasteiger partial charge in [-0.15, -0.1) is 11.3 Å². The highest BCUT2D eigenvalue weighted by Gasteiger charge is 2.25. The smallest absolute Gasteiger partial charge is 0.322 e. The molecule has 0 spiro atoms. The summed E-state index contributed by atoms with van der Waals surface area (Å²) in [6.45, 7) is 0.995. The van der Waals surface area contributed by atoms with Crippen LogP contribution in [0.25, 0.3) is 0 Å². The minimum Gasteiger partial charge on any atom is -0.493 e. The van der Waals surface area contributed by atoms with Crippen molar-refractivity contribution in [1.29, 1.82) is 0 Å². The third kappa shape index (κ3) is 4.24. The van der Waals surface area contributed by atoms with Crippen molar-refractivity contribution in [2.24, 2.45) is 0 Å². The van der Waals surface area contributed by atoms with E-state index in [0.29, 0.717) is 46.7 Å². The van der Waals surface area contributed by atoms with Crippen molar-refractivity contribution in [2.75, 3.05) is 31.4 Å². The highest BCUT2D eigenvalue weighted by Crippen LogP contribution is 2.31. The molecule has 0 saturated heterocycles. The molecule has 2 N–H and O–H groups in total. The summed E-state index contributed by atoms with van der Waals surface area (Å²) >= 11 is 2.78. The maximum atomic E-state index is 12.7. The predicted molar refractivity (Wildman–Crippen MR) is 117 cm³/mol. The molecule has 1 aliphatic rings. The van der Waals surface area contributed by atoms with Gasteiger partial charge in [-0.25, -0.2) is 9.78 Å². The number of aromatic nitrogens is 1. The number of methoxy groups -OCH3 is 2. The number of fused-ring (bicyclic) bond motifs is 1. The highest BCUT2D eigenvalue weighted by atomic mass is 32.1. The molecular weight excluding hydrogens is 424 g/mol. The van der Waals surface area contributed by atoms with Crippen LogP contribution in [0.15, 0.2) is 35.7 Å². The second kappa shape index (κ2) is 8.72. The quantitative estimate of drug-likeness (QED) is 0.619. The molecule has 3 aromatic rings. The van der Waals surface area contributed by atoms with Gasteiger partial charge < -0.3 is 19.7 Å². The maximum Gasteiger partial charge on any atom is 0.322 e. The molecule has 0 fully saturated rings. The number of thiazole rings is 1. The van der Waals surface area contributed by atoms with Gasteiger partial charge in [-0.2, -0.15) is 0 Å². The Morgan fingerprint density at radius 3 is 2.70 bits per heavy atom. The predicted octanol–water partition coefficient (Wildman–Crippen LogP) is 4.06. The van der Waals surface area contributed by atoms with Crippen molar-refractivity contribution in [2.45, 2.75) is 13.0 Å². The highest BCUT2D eigenvalue weighted by molar-refractivity contribution is 7.16. The van der Waals surface area contributed by atoms with E-state index in [1.165, 1.54) is 22.7 Å². The Balaban J connectivity index is 1.41. The number of anilines is 2. The third-order valence-corrected chi connectivity index (χ3v) is 6.49. The second-order valence-electron chi connectivity index (χ2n) is 6.49. The zero-order valence-corrected chi connectivity index (χ0v) is 18.1. The van der Waals surface area contributed by atoms with Gasteiger partial charge in [-0.1, -0.05) is 17.4 Å². The van der Waals surface area contributed by atoms with E-state index in [0.717, 1.165) is 10.6 Å². The molecule has 8 nitrogen and oxygen atoms in total. The molecule has 0 saturated carbocycles. The largest absolute Gasteiger partial charge is 0.493 e. The fourth-order valence-electron chi connectivity index (χ4n) is 3.11. The lowest BCUT2D eigenvalue weighted by Crippen LogP contribution is -2.38. The number of nitrogens with one attached hydrogen (secondary N) is 2. The summed E-state index contributed by atoms with van der Waals surface area (Å²) < 4.78 is 10.5. The molecular formula is C20H20N4O4S2. The first-order chi connectivity index (χ1) is 14.6. The maximum absolute atomic E-state index is 12.7. The molecule has 0 atom stereocenters. The van der Waals surface area contributed by atoms with Gasteiger partial charge in [-0.3, -0.25) is 10.1 Å². The molecule has 0 radical (unpaired) electrons. The lowest BCUT2D eigenvalue weighted by Gasteiger charge is -2.26. The van der Waals surface area contributed by atoms with Gasteiger partial charge in [0, 0.05) is 29.6 Å². The SMILES string of the molecule is COc1ccc(NC(=O)N2CCc3nc(NC(=O)c4cccs4)sc3C2)cc1OC. The Hall–Kier alpha value is -3.11. The van der Waals surface area contributed by atoms with Crippen LogP contribution in [0.5, 0.6) is 11.5 Å². The minimum atomic E-state index is -0.203. The van der Waals surface area contributed by atoms with Crippen LogP contribution in [0.4, 0.5) is 15.6 Å². The van der Waals surface area contributed by atoms with Crippen molar-refractivity contribution in [3.63, 3.8) is 0 Å². The zero-order chi connectivity index (χ0) is 21.1. The summed E-state index contributed by atoms with van der Waals surface area (Å²) in [6.07, 6.45) is 0.639. The van der Waals surface area contributed by atoms with Crippen LogP contribution >= 0.6 is 22.7 Å². The molecule has 30 heavy (non-hydrogen) atoms. The van der Waals surface area contributed by atoms with Crippen LogP contribution in [-0.4, -0.2) is 42.6 Å². The molecule has 1 aromatic carbocycles. The Morgan fingerprint density at radius 1 is 1.13 bits per heavy atom. The summed E-state index contributed by atoms with van der Waals surface area (Å²) in [5, 5.41) is 8.15. The van der Waals surface area contributed by atoms with Gasteiger partial charge in [0.15, 0.2) is 16.6 Å². The van der Waals surface area contributed by atoms with E-state index in [1.807, 2.05) is 11.4 Å². The fraction of sp³-hybridized carbons (Fsp3) is 0.250. The van der Waals surface area contributed by atoms with E-state index in [1.54, 1.807) is 43.4 Å². The van der Waals surface area contributed by atoms with Crippen molar-refractivity contribution in [1.82, 2.24) is 9.88 Å². The van der Waals surface area contributed by atoms with Crippen LogP contribution in [-0.2, 0) is 13.0 Å². The molecule has 0 unspecified atom stereocenters. The summed E-state index contributed by atoms with van der Waals surface area (Å²) in [4.78, 5) is 32.8. The first-order valence-electron chi connectivity index (χ1n) is 9.18. The van der Waals surface area contributed by atoms with E-state index >= 15 is 0 Å². The average Bonchev–Trinajstić information content (AvgIpc) is 3.42. The fourth-order valence-corrected chi connectivity index (χ4v) is 4.74. The van der Waals surface area contributed by atoms with E-state index in [-0.39, 0.29) is 11.9 Å². The number of thiophene rings is 1. The van der Waals surface area contributed by atoms with Gasteiger partial charge in [0.05, 0.1) is 31.3 Å². The topological polar surface area (TPSA) is 92.8 Å².